The first kappa shape index (κ1) is 15.9. The molecule has 0 aliphatic carbocycles. The third kappa shape index (κ3) is 3.37. The fourth-order valence-electron chi connectivity index (χ4n) is 3.14. The second kappa shape index (κ2) is 6.67. The Bertz CT molecular complexity index is 583. The number of likely N-dealkylation sites (N-methyl/N-ethyl adjacent to an activating group) is 1. The summed E-state index contributed by atoms with van der Waals surface area (Å²) in [6.07, 6.45) is 0. The molecule has 2 aliphatic heterocycles. The van der Waals surface area contributed by atoms with Gasteiger partial charge in [0.25, 0.3) is 5.69 Å². The summed E-state index contributed by atoms with van der Waals surface area (Å²) in [5.74, 6) is -0.514. The van der Waals surface area contributed by atoms with E-state index in [-0.39, 0.29) is 5.69 Å². The van der Waals surface area contributed by atoms with E-state index in [0.717, 1.165) is 45.3 Å². The Morgan fingerprint density at radius 1 is 1.04 bits per heavy atom. The van der Waals surface area contributed by atoms with Crippen LogP contribution in [0, 0.1) is 15.9 Å². The molecule has 126 valence electrons. The number of nitrogens with zero attached hydrogens (tertiary/aromatic N) is 4. The Morgan fingerprint density at radius 3 is 2.26 bits per heavy atom. The smallest absolute Gasteiger partial charge is 0.295 e. The van der Waals surface area contributed by atoms with E-state index >= 15 is 0 Å². The van der Waals surface area contributed by atoms with Gasteiger partial charge in [0.15, 0.2) is 5.82 Å². The summed E-state index contributed by atoms with van der Waals surface area (Å²) in [5, 5.41) is 14.5. The number of piperazine rings is 2. The first-order valence-electron chi connectivity index (χ1n) is 7.93. The molecule has 23 heavy (non-hydrogen) atoms. The van der Waals surface area contributed by atoms with Gasteiger partial charge < -0.3 is 20.0 Å². The van der Waals surface area contributed by atoms with Gasteiger partial charge in [-0.1, -0.05) is 0 Å². The summed E-state index contributed by atoms with van der Waals surface area (Å²) < 4.78 is 14.4. The predicted octanol–water partition coefficient (Wildman–Crippen LogP) is 0.895. The van der Waals surface area contributed by atoms with E-state index in [1.165, 1.54) is 0 Å². The van der Waals surface area contributed by atoms with Crippen LogP contribution in [0.15, 0.2) is 12.1 Å². The van der Waals surface area contributed by atoms with Crippen molar-refractivity contribution < 1.29 is 9.31 Å². The number of hydrogen-bond acceptors (Lipinski definition) is 6. The molecule has 2 aliphatic rings. The van der Waals surface area contributed by atoms with Crippen molar-refractivity contribution in [2.24, 2.45) is 0 Å². The summed E-state index contributed by atoms with van der Waals surface area (Å²) in [6, 6.07) is 2.73. The zero-order valence-corrected chi connectivity index (χ0v) is 13.3. The van der Waals surface area contributed by atoms with Gasteiger partial charge in [0.2, 0.25) is 0 Å². The lowest BCUT2D eigenvalue weighted by atomic mass is 10.1. The van der Waals surface area contributed by atoms with Crippen molar-refractivity contribution in [1.29, 1.82) is 0 Å². The lowest BCUT2D eigenvalue weighted by Gasteiger charge is -2.35. The molecule has 2 heterocycles. The molecule has 8 heteroatoms. The van der Waals surface area contributed by atoms with Gasteiger partial charge in [0.05, 0.1) is 16.7 Å². The number of benzene rings is 1. The average Bonchev–Trinajstić information content (AvgIpc) is 2.56. The van der Waals surface area contributed by atoms with Crippen LogP contribution >= 0.6 is 0 Å². The second-order valence-electron chi connectivity index (χ2n) is 6.08. The minimum Gasteiger partial charge on any atom is -0.367 e. The minimum atomic E-state index is -0.514. The summed E-state index contributed by atoms with van der Waals surface area (Å²) in [6.45, 7) is 6.11. The van der Waals surface area contributed by atoms with Crippen LogP contribution in [0.1, 0.15) is 0 Å². The van der Waals surface area contributed by atoms with Crippen molar-refractivity contribution in [1.82, 2.24) is 10.2 Å². The molecule has 1 aromatic carbocycles. The molecule has 1 aromatic rings. The number of hydrogen-bond donors (Lipinski definition) is 1. The van der Waals surface area contributed by atoms with Crippen LogP contribution in [-0.4, -0.2) is 69.2 Å². The molecule has 0 radical (unpaired) electrons. The zero-order chi connectivity index (χ0) is 16.4. The normalized spacial score (nSPS) is 19.9. The molecule has 2 saturated heterocycles. The quantitative estimate of drug-likeness (QED) is 0.658. The van der Waals surface area contributed by atoms with Gasteiger partial charge in [-0.3, -0.25) is 10.1 Å². The highest BCUT2D eigenvalue weighted by molar-refractivity contribution is 5.71. The average molecular weight is 323 g/mol. The molecule has 0 saturated carbocycles. The Balaban J connectivity index is 1.95. The number of nitro benzene ring substituents is 1. The van der Waals surface area contributed by atoms with Gasteiger partial charge in [-0.15, -0.1) is 0 Å². The number of nitrogens with one attached hydrogen (secondary N) is 1. The maximum Gasteiger partial charge on any atom is 0.295 e. The zero-order valence-electron chi connectivity index (χ0n) is 13.3. The predicted molar refractivity (Wildman–Crippen MR) is 87.8 cm³/mol. The van der Waals surface area contributed by atoms with Gasteiger partial charge in [0.1, 0.15) is 5.69 Å². The molecule has 0 aromatic heterocycles. The third-order valence-electron chi connectivity index (χ3n) is 4.54. The van der Waals surface area contributed by atoms with Crippen LogP contribution in [0.4, 0.5) is 21.5 Å². The van der Waals surface area contributed by atoms with Gasteiger partial charge in [-0.2, -0.15) is 0 Å². The van der Waals surface area contributed by atoms with E-state index in [2.05, 4.69) is 10.2 Å². The standard InChI is InChI=1S/C15H22FN5O2/c1-18-6-8-20(9-7-18)13-11-14(19-4-2-17-3-5-19)15(21(22)23)10-12(13)16/h10-11,17H,2-9H2,1H3. The van der Waals surface area contributed by atoms with Crippen molar-refractivity contribution >= 4 is 17.1 Å². The van der Waals surface area contributed by atoms with Crippen LogP contribution in [0.25, 0.3) is 0 Å². The maximum absolute atomic E-state index is 14.4. The molecular weight excluding hydrogens is 301 g/mol. The Morgan fingerprint density at radius 2 is 1.65 bits per heavy atom. The Labute approximate surface area is 134 Å². The maximum atomic E-state index is 14.4. The monoisotopic (exact) mass is 323 g/mol. The van der Waals surface area contributed by atoms with Crippen molar-refractivity contribution in [2.75, 3.05) is 69.2 Å². The number of nitro groups is 1. The molecular formula is C15H22FN5O2. The Kier molecular flexibility index (Phi) is 4.63. The molecule has 2 fully saturated rings. The van der Waals surface area contributed by atoms with E-state index in [1.807, 2.05) is 16.8 Å². The highest BCUT2D eigenvalue weighted by Gasteiger charge is 2.26. The molecule has 0 atom stereocenters. The van der Waals surface area contributed by atoms with Crippen molar-refractivity contribution in [3.63, 3.8) is 0 Å². The molecule has 0 spiro atoms. The van der Waals surface area contributed by atoms with Crippen LogP contribution in [0.2, 0.25) is 0 Å². The summed E-state index contributed by atoms with van der Waals surface area (Å²) in [5.41, 5.74) is 0.839. The van der Waals surface area contributed by atoms with Gasteiger partial charge in [-0.05, 0) is 13.1 Å². The summed E-state index contributed by atoms with van der Waals surface area (Å²) in [7, 11) is 2.04. The van der Waals surface area contributed by atoms with Gasteiger partial charge in [0, 0.05) is 52.4 Å². The lowest BCUT2D eigenvalue weighted by Crippen LogP contribution is -2.45. The Hall–Kier alpha value is -1.93. The van der Waals surface area contributed by atoms with Crippen LogP contribution in [-0.2, 0) is 0 Å². The van der Waals surface area contributed by atoms with E-state index in [9.17, 15) is 14.5 Å². The van der Waals surface area contributed by atoms with Gasteiger partial charge >= 0.3 is 0 Å². The summed E-state index contributed by atoms with van der Waals surface area (Å²) >= 11 is 0. The highest BCUT2D eigenvalue weighted by Crippen LogP contribution is 2.35. The second-order valence-corrected chi connectivity index (χ2v) is 6.08. The first-order valence-corrected chi connectivity index (χ1v) is 7.93. The lowest BCUT2D eigenvalue weighted by molar-refractivity contribution is -0.384. The molecule has 0 amide bonds. The number of rotatable bonds is 3. The molecule has 0 unspecified atom stereocenters. The third-order valence-corrected chi connectivity index (χ3v) is 4.54. The number of anilines is 2. The fraction of sp³-hybridized carbons (Fsp3) is 0.600. The molecule has 0 bridgehead atoms. The SMILES string of the molecule is CN1CCN(c2cc(N3CCNCC3)c([N+](=O)[O-])cc2F)CC1. The molecule has 1 N–H and O–H groups in total. The topological polar surface area (TPSA) is 64.9 Å². The molecule has 7 nitrogen and oxygen atoms in total. The summed E-state index contributed by atoms with van der Waals surface area (Å²) in [4.78, 5) is 17.0. The van der Waals surface area contributed by atoms with Crippen LogP contribution in [0.5, 0.6) is 0 Å². The number of halogens is 1. The van der Waals surface area contributed by atoms with E-state index < -0.39 is 10.7 Å². The van der Waals surface area contributed by atoms with Crippen molar-refractivity contribution in [3.05, 3.63) is 28.1 Å². The van der Waals surface area contributed by atoms with Gasteiger partial charge in [-0.25, -0.2) is 4.39 Å². The van der Waals surface area contributed by atoms with E-state index in [0.29, 0.717) is 24.5 Å². The fourth-order valence-corrected chi connectivity index (χ4v) is 3.14. The van der Waals surface area contributed by atoms with Crippen LogP contribution in [0.3, 0.4) is 0 Å². The van der Waals surface area contributed by atoms with Crippen molar-refractivity contribution in [3.8, 4) is 0 Å². The minimum absolute atomic E-state index is 0.151. The highest BCUT2D eigenvalue weighted by atomic mass is 19.1. The van der Waals surface area contributed by atoms with E-state index in [4.69, 9.17) is 0 Å². The van der Waals surface area contributed by atoms with Crippen molar-refractivity contribution in [2.45, 2.75) is 0 Å². The molecule has 3 rings (SSSR count). The van der Waals surface area contributed by atoms with E-state index in [1.54, 1.807) is 6.07 Å². The van der Waals surface area contributed by atoms with Crippen LogP contribution < -0.4 is 15.1 Å². The largest absolute Gasteiger partial charge is 0.367 e. The first-order chi connectivity index (χ1) is 11.1.